The maximum Gasteiger partial charge on any atom is 0.271 e. The van der Waals surface area contributed by atoms with E-state index in [-0.39, 0.29) is 48.3 Å². The van der Waals surface area contributed by atoms with E-state index in [0.717, 1.165) is 28.7 Å². The number of hydrogen-bond acceptors (Lipinski definition) is 5. The molecule has 0 aliphatic carbocycles. The van der Waals surface area contributed by atoms with E-state index in [9.17, 15) is 18.4 Å². The Hall–Kier alpha value is -4.11. The van der Waals surface area contributed by atoms with E-state index in [1.165, 1.54) is 42.5 Å². The van der Waals surface area contributed by atoms with Gasteiger partial charge >= 0.3 is 0 Å². The summed E-state index contributed by atoms with van der Waals surface area (Å²) in [6.07, 6.45) is 0.718. The zero-order valence-corrected chi connectivity index (χ0v) is 21.4. The first-order valence-corrected chi connectivity index (χ1v) is 13.0. The molecule has 0 fully saturated rings. The van der Waals surface area contributed by atoms with Crippen LogP contribution in [0, 0.1) is 11.6 Å². The SMILES string of the molecule is CC(=O)N1CCc2ccc(OCc3nc(C(=O)NCc4ccc(F)cc4)cs3)cc2[C@H]1c1ccc(F)cc1. The lowest BCUT2D eigenvalue weighted by atomic mass is 9.88. The van der Waals surface area contributed by atoms with Gasteiger partial charge in [0.15, 0.2) is 0 Å². The Balaban J connectivity index is 1.27. The molecule has 1 aromatic heterocycles. The number of ether oxygens (including phenoxy) is 1. The molecule has 38 heavy (non-hydrogen) atoms. The van der Waals surface area contributed by atoms with Crippen LogP contribution in [0.5, 0.6) is 5.75 Å². The molecule has 0 spiro atoms. The Bertz CT molecular complexity index is 1450. The fourth-order valence-electron chi connectivity index (χ4n) is 4.53. The first kappa shape index (κ1) is 25.5. The van der Waals surface area contributed by atoms with Crippen LogP contribution in [0.25, 0.3) is 0 Å². The lowest BCUT2D eigenvalue weighted by Crippen LogP contribution is -2.39. The average Bonchev–Trinajstić information content (AvgIpc) is 3.40. The van der Waals surface area contributed by atoms with Gasteiger partial charge in [-0.3, -0.25) is 9.59 Å². The highest BCUT2D eigenvalue weighted by atomic mass is 32.1. The molecule has 0 radical (unpaired) electrons. The number of fused-ring (bicyclic) bond motifs is 1. The number of benzene rings is 3. The van der Waals surface area contributed by atoms with Gasteiger partial charge in [0, 0.05) is 25.4 Å². The van der Waals surface area contributed by atoms with E-state index in [2.05, 4.69) is 10.3 Å². The molecule has 3 aromatic carbocycles. The van der Waals surface area contributed by atoms with Crippen molar-refractivity contribution >= 4 is 23.2 Å². The molecule has 194 valence electrons. The summed E-state index contributed by atoms with van der Waals surface area (Å²) in [4.78, 5) is 31.1. The quantitative estimate of drug-likeness (QED) is 0.344. The lowest BCUT2D eigenvalue weighted by Gasteiger charge is -2.37. The minimum Gasteiger partial charge on any atom is -0.486 e. The Morgan fingerprint density at radius 1 is 1.05 bits per heavy atom. The lowest BCUT2D eigenvalue weighted by molar-refractivity contribution is -0.130. The molecule has 2 heterocycles. The first-order valence-electron chi connectivity index (χ1n) is 12.1. The number of rotatable bonds is 7. The number of amides is 2. The highest BCUT2D eigenvalue weighted by Crippen LogP contribution is 2.37. The smallest absolute Gasteiger partial charge is 0.271 e. The van der Waals surface area contributed by atoms with Crippen molar-refractivity contribution in [1.82, 2.24) is 15.2 Å². The summed E-state index contributed by atoms with van der Waals surface area (Å²) in [7, 11) is 0. The van der Waals surface area contributed by atoms with Crippen LogP contribution in [0.15, 0.2) is 72.1 Å². The van der Waals surface area contributed by atoms with Crippen LogP contribution in [-0.4, -0.2) is 28.2 Å². The second-order valence-electron chi connectivity index (χ2n) is 9.00. The Morgan fingerprint density at radius 3 is 2.47 bits per heavy atom. The van der Waals surface area contributed by atoms with Gasteiger partial charge in [-0.1, -0.05) is 30.3 Å². The minimum absolute atomic E-state index is 0.0516. The van der Waals surface area contributed by atoms with Crippen molar-refractivity contribution < 1.29 is 23.1 Å². The topological polar surface area (TPSA) is 71.5 Å². The summed E-state index contributed by atoms with van der Waals surface area (Å²) in [6, 6.07) is 17.6. The van der Waals surface area contributed by atoms with E-state index in [4.69, 9.17) is 4.74 Å². The second-order valence-corrected chi connectivity index (χ2v) is 9.94. The Labute approximate surface area is 222 Å². The molecule has 6 nitrogen and oxygen atoms in total. The summed E-state index contributed by atoms with van der Waals surface area (Å²) >= 11 is 1.32. The van der Waals surface area contributed by atoms with Gasteiger partial charge in [-0.15, -0.1) is 11.3 Å². The van der Waals surface area contributed by atoms with Crippen molar-refractivity contribution in [2.45, 2.75) is 32.5 Å². The number of carbonyl (C=O) groups is 2. The van der Waals surface area contributed by atoms with Gasteiger partial charge in [0.05, 0.1) is 6.04 Å². The number of carbonyl (C=O) groups excluding carboxylic acids is 2. The molecule has 1 N–H and O–H groups in total. The van der Waals surface area contributed by atoms with Crippen LogP contribution in [-0.2, 0) is 24.4 Å². The number of aromatic nitrogens is 1. The van der Waals surface area contributed by atoms with Gasteiger partial charge in [0.25, 0.3) is 5.91 Å². The number of hydrogen-bond donors (Lipinski definition) is 1. The van der Waals surface area contributed by atoms with Crippen molar-refractivity contribution in [3.8, 4) is 5.75 Å². The average molecular weight is 534 g/mol. The van der Waals surface area contributed by atoms with Crippen LogP contribution < -0.4 is 10.1 Å². The largest absolute Gasteiger partial charge is 0.486 e. The van der Waals surface area contributed by atoms with E-state index in [1.807, 2.05) is 18.2 Å². The van der Waals surface area contributed by atoms with Crippen molar-refractivity contribution in [3.05, 3.63) is 117 Å². The maximum absolute atomic E-state index is 13.6. The molecule has 2 amide bonds. The highest BCUT2D eigenvalue weighted by Gasteiger charge is 2.31. The second kappa shape index (κ2) is 11.1. The van der Waals surface area contributed by atoms with Gasteiger partial charge in [-0.2, -0.15) is 0 Å². The van der Waals surface area contributed by atoms with Crippen LogP contribution in [0.4, 0.5) is 8.78 Å². The number of nitrogens with one attached hydrogen (secondary N) is 1. The molecule has 1 aliphatic heterocycles. The molecule has 9 heteroatoms. The summed E-state index contributed by atoms with van der Waals surface area (Å²) in [5, 5.41) is 5.08. The Morgan fingerprint density at radius 2 is 1.76 bits per heavy atom. The third kappa shape index (κ3) is 5.73. The van der Waals surface area contributed by atoms with Gasteiger partial charge in [0.1, 0.15) is 34.7 Å². The third-order valence-corrected chi connectivity index (χ3v) is 7.27. The van der Waals surface area contributed by atoms with E-state index in [0.29, 0.717) is 17.3 Å². The summed E-state index contributed by atoms with van der Waals surface area (Å²) < 4.78 is 32.6. The number of nitrogens with zero attached hydrogens (tertiary/aromatic N) is 2. The molecule has 1 aliphatic rings. The van der Waals surface area contributed by atoms with E-state index >= 15 is 0 Å². The van der Waals surface area contributed by atoms with Crippen LogP contribution in [0.3, 0.4) is 0 Å². The predicted octanol–water partition coefficient (Wildman–Crippen LogP) is 5.42. The molecule has 1 atom stereocenters. The summed E-state index contributed by atoms with van der Waals surface area (Å²) in [5.74, 6) is -0.423. The molecular weight excluding hydrogens is 508 g/mol. The van der Waals surface area contributed by atoms with Crippen molar-refractivity contribution in [3.63, 3.8) is 0 Å². The summed E-state index contributed by atoms with van der Waals surface area (Å²) in [5.41, 5.74) is 3.95. The Kier molecular flexibility index (Phi) is 7.46. The van der Waals surface area contributed by atoms with Crippen LogP contribution in [0.2, 0.25) is 0 Å². The zero-order chi connectivity index (χ0) is 26.6. The van der Waals surface area contributed by atoms with E-state index < -0.39 is 0 Å². The number of halogens is 2. The molecular formula is C29H25F2N3O3S. The molecule has 0 saturated carbocycles. The monoisotopic (exact) mass is 533 g/mol. The molecule has 0 unspecified atom stereocenters. The van der Waals surface area contributed by atoms with Gasteiger partial charge < -0.3 is 15.0 Å². The molecule has 0 bridgehead atoms. The van der Waals surface area contributed by atoms with Crippen molar-refractivity contribution in [2.75, 3.05) is 6.54 Å². The molecule has 0 saturated heterocycles. The third-order valence-electron chi connectivity index (χ3n) is 6.45. The van der Waals surface area contributed by atoms with Gasteiger partial charge in [-0.25, -0.2) is 13.8 Å². The number of thiazole rings is 1. The highest BCUT2D eigenvalue weighted by molar-refractivity contribution is 7.09. The minimum atomic E-state index is -0.336. The fraction of sp³-hybridized carbons (Fsp3) is 0.207. The zero-order valence-electron chi connectivity index (χ0n) is 20.6. The summed E-state index contributed by atoms with van der Waals surface area (Å²) in [6.45, 7) is 2.56. The normalized spacial score (nSPS) is 14.6. The van der Waals surface area contributed by atoms with Crippen LogP contribution in [0.1, 0.15) is 50.7 Å². The standard InChI is InChI=1S/C29H25F2N3O3S/c1-18(35)34-13-12-20-6-11-24(14-25(20)28(34)21-4-9-23(31)10-5-21)37-16-27-33-26(17-38-27)29(36)32-15-19-2-7-22(30)8-3-19/h2-11,14,17,28H,12-13,15-16H2,1H3,(H,32,36)/t28-/m1/s1. The van der Waals surface area contributed by atoms with Crippen LogP contribution >= 0.6 is 11.3 Å². The van der Waals surface area contributed by atoms with Gasteiger partial charge in [-0.05, 0) is 65.1 Å². The van der Waals surface area contributed by atoms with Gasteiger partial charge in [0.2, 0.25) is 5.91 Å². The molecule has 4 aromatic rings. The van der Waals surface area contributed by atoms with Crippen molar-refractivity contribution in [1.29, 1.82) is 0 Å². The van der Waals surface area contributed by atoms with Crippen molar-refractivity contribution in [2.24, 2.45) is 0 Å². The first-order chi connectivity index (χ1) is 18.4. The fourth-order valence-corrected chi connectivity index (χ4v) is 5.21. The van der Waals surface area contributed by atoms with E-state index in [1.54, 1.807) is 34.5 Å². The predicted molar refractivity (Wildman–Crippen MR) is 140 cm³/mol. The maximum atomic E-state index is 13.6. The molecule has 5 rings (SSSR count).